The Morgan fingerprint density at radius 2 is 2.25 bits per heavy atom. The highest BCUT2D eigenvalue weighted by atomic mass is 79.9. The van der Waals surface area contributed by atoms with Crippen molar-refractivity contribution in [2.45, 2.75) is 12.8 Å². The fourth-order valence-electron chi connectivity index (χ4n) is 1.41. The SMILES string of the molecule is OCCCc1nc(-c2cccc(Br)c2)n[nH]1. The molecule has 0 radical (unpaired) electrons. The minimum Gasteiger partial charge on any atom is -0.396 e. The summed E-state index contributed by atoms with van der Waals surface area (Å²) in [6, 6.07) is 7.84. The van der Waals surface area contributed by atoms with Crippen molar-refractivity contribution < 1.29 is 5.11 Å². The Bertz CT molecular complexity index is 470. The molecule has 0 aliphatic rings. The second-order valence-corrected chi connectivity index (χ2v) is 4.36. The summed E-state index contributed by atoms with van der Waals surface area (Å²) in [7, 11) is 0. The molecule has 0 atom stereocenters. The van der Waals surface area contributed by atoms with Crippen LogP contribution in [0.5, 0.6) is 0 Å². The summed E-state index contributed by atoms with van der Waals surface area (Å²) in [6.07, 6.45) is 1.42. The zero-order chi connectivity index (χ0) is 11.4. The molecule has 0 amide bonds. The van der Waals surface area contributed by atoms with Gasteiger partial charge in [0, 0.05) is 23.1 Å². The quantitative estimate of drug-likeness (QED) is 0.903. The van der Waals surface area contributed by atoms with Gasteiger partial charge in [0.15, 0.2) is 5.82 Å². The molecule has 84 valence electrons. The number of benzene rings is 1. The topological polar surface area (TPSA) is 61.8 Å². The Morgan fingerprint density at radius 1 is 1.38 bits per heavy atom. The van der Waals surface area contributed by atoms with Crippen molar-refractivity contribution in [3.63, 3.8) is 0 Å². The van der Waals surface area contributed by atoms with Gasteiger partial charge in [0.2, 0.25) is 0 Å². The molecule has 4 nitrogen and oxygen atoms in total. The Kier molecular flexibility index (Phi) is 3.69. The van der Waals surface area contributed by atoms with Gasteiger partial charge in [-0.15, -0.1) is 0 Å². The number of hydrogen-bond acceptors (Lipinski definition) is 3. The van der Waals surface area contributed by atoms with E-state index < -0.39 is 0 Å². The second-order valence-electron chi connectivity index (χ2n) is 3.44. The largest absolute Gasteiger partial charge is 0.396 e. The third-order valence-electron chi connectivity index (χ3n) is 2.19. The van der Waals surface area contributed by atoms with Crippen LogP contribution >= 0.6 is 15.9 Å². The summed E-state index contributed by atoms with van der Waals surface area (Å²) in [5.74, 6) is 1.50. The lowest BCUT2D eigenvalue weighted by molar-refractivity contribution is 0.287. The number of nitrogens with zero attached hydrogens (tertiary/aromatic N) is 2. The molecule has 0 aliphatic heterocycles. The van der Waals surface area contributed by atoms with Gasteiger partial charge >= 0.3 is 0 Å². The van der Waals surface area contributed by atoms with Gasteiger partial charge in [0.25, 0.3) is 0 Å². The average Bonchev–Trinajstić information content (AvgIpc) is 2.75. The highest BCUT2D eigenvalue weighted by molar-refractivity contribution is 9.10. The van der Waals surface area contributed by atoms with E-state index in [0.717, 1.165) is 22.3 Å². The highest BCUT2D eigenvalue weighted by Crippen LogP contribution is 2.19. The molecule has 0 bridgehead atoms. The van der Waals surface area contributed by atoms with Crippen LogP contribution in [0.1, 0.15) is 12.2 Å². The van der Waals surface area contributed by atoms with Gasteiger partial charge < -0.3 is 5.11 Å². The minimum absolute atomic E-state index is 0.174. The van der Waals surface area contributed by atoms with Crippen molar-refractivity contribution in [3.8, 4) is 11.4 Å². The monoisotopic (exact) mass is 281 g/mol. The number of aromatic nitrogens is 3. The van der Waals surface area contributed by atoms with Gasteiger partial charge in [-0.2, -0.15) is 5.10 Å². The first-order valence-electron chi connectivity index (χ1n) is 5.07. The molecule has 0 spiro atoms. The fourth-order valence-corrected chi connectivity index (χ4v) is 1.81. The summed E-state index contributed by atoms with van der Waals surface area (Å²) in [5.41, 5.74) is 0.973. The summed E-state index contributed by atoms with van der Waals surface area (Å²) in [6.45, 7) is 0.174. The molecular formula is C11H12BrN3O. The van der Waals surface area contributed by atoms with Crippen LogP contribution in [-0.2, 0) is 6.42 Å². The molecule has 16 heavy (non-hydrogen) atoms. The van der Waals surface area contributed by atoms with Crippen molar-refractivity contribution in [2.24, 2.45) is 0 Å². The molecule has 0 saturated heterocycles. The summed E-state index contributed by atoms with van der Waals surface area (Å²) in [4.78, 5) is 4.36. The number of H-pyrrole nitrogens is 1. The maximum absolute atomic E-state index is 8.72. The van der Waals surface area contributed by atoms with E-state index in [2.05, 4.69) is 31.1 Å². The predicted octanol–water partition coefficient (Wildman–Crippen LogP) is 2.16. The third-order valence-corrected chi connectivity index (χ3v) is 2.68. The molecule has 2 rings (SSSR count). The number of hydrogen-bond donors (Lipinski definition) is 2. The molecule has 2 aromatic rings. The lowest BCUT2D eigenvalue weighted by Crippen LogP contribution is -1.91. The minimum atomic E-state index is 0.174. The standard InChI is InChI=1S/C11H12BrN3O/c12-9-4-1-3-8(7-9)11-13-10(14-15-11)5-2-6-16/h1,3-4,7,16H,2,5-6H2,(H,13,14,15). The van der Waals surface area contributed by atoms with Crippen LogP contribution in [0, 0.1) is 0 Å². The lowest BCUT2D eigenvalue weighted by Gasteiger charge is -1.95. The van der Waals surface area contributed by atoms with Gasteiger partial charge in [-0.05, 0) is 18.6 Å². The van der Waals surface area contributed by atoms with E-state index in [1.165, 1.54) is 0 Å². The molecule has 0 aliphatic carbocycles. The number of rotatable bonds is 4. The van der Waals surface area contributed by atoms with Crippen LogP contribution in [0.25, 0.3) is 11.4 Å². The van der Waals surface area contributed by atoms with Gasteiger partial charge in [-0.3, -0.25) is 5.10 Å². The molecule has 0 unspecified atom stereocenters. The van der Waals surface area contributed by atoms with Gasteiger partial charge in [-0.25, -0.2) is 4.98 Å². The van der Waals surface area contributed by atoms with E-state index >= 15 is 0 Å². The third kappa shape index (κ3) is 2.68. The number of aromatic amines is 1. The number of aliphatic hydroxyl groups excluding tert-OH is 1. The average molecular weight is 282 g/mol. The second kappa shape index (κ2) is 5.23. The summed E-state index contributed by atoms with van der Waals surface area (Å²) in [5, 5.41) is 15.7. The van der Waals surface area contributed by atoms with Crippen LogP contribution in [0.2, 0.25) is 0 Å². The molecule has 1 aromatic carbocycles. The Morgan fingerprint density at radius 3 is 3.00 bits per heavy atom. The predicted molar refractivity (Wildman–Crippen MR) is 64.9 cm³/mol. The number of nitrogens with one attached hydrogen (secondary N) is 1. The lowest BCUT2D eigenvalue weighted by atomic mass is 10.2. The normalized spacial score (nSPS) is 10.6. The van der Waals surface area contributed by atoms with Crippen molar-refractivity contribution in [1.82, 2.24) is 15.2 Å². The summed E-state index contributed by atoms with van der Waals surface area (Å²) >= 11 is 3.41. The fraction of sp³-hybridized carbons (Fsp3) is 0.273. The van der Waals surface area contributed by atoms with Crippen molar-refractivity contribution >= 4 is 15.9 Å². The number of aryl methyl sites for hydroxylation is 1. The summed E-state index contributed by atoms with van der Waals surface area (Å²) < 4.78 is 1.01. The Hall–Kier alpha value is -1.20. The van der Waals surface area contributed by atoms with E-state index in [1.54, 1.807) is 0 Å². The molecule has 0 fully saturated rings. The number of aliphatic hydroxyl groups is 1. The van der Waals surface area contributed by atoms with Crippen molar-refractivity contribution in [3.05, 3.63) is 34.6 Å². The van der Waals surface area contributed by atoms with Crippen LogP contribution in [0.4, 0.5) is 0 Å². The van der Waals surface area contributed by atoms with Gasteiger partial charge in [-0.1, -0.05) is 28.1 Å². The molecule has 1 heterocycles. The zero-order valence-corrected chi connectivity index (χ0v) is 10.2. The van der Waals surface area contributed by atoms with E-state index in [-0.39, 0.29) is 6.61 Å². The van der Waals surface area contributed by atoms with Crippen LogP contribution in [0.3, 0.4) is 0 Å². The van der Waals surface area contributed by atoms with E-state index in [0.29, 0.717) is 12.2 Å². The first-order chi connectivity index (χ1) is 7.79. The molecule has 0 saturated carbocycles. The van der Waals surface area contributed by atoms with E-state index in [1.807, 2.05) is 24.3 Å². The zero-order valence-electron chi connectivity index (χ0n) is 8.65. The van der Waals surface area contributed by atoms with Gasteiger partial charge in [0.1, 0.15) is 5.82 Å². The first-order valence-corrected chi connectivity index (χ1v) is 5.87. The molecular weight excluding hydrogens is 270 g/mol. The van der Waals surface area contributed by atoms with Crippen LogP contribution < -0.4 is 0 Å². The number of halogens is 1. The molecule has 1 aromatic heterocycles. The smallest absolute Gasteiger partial charge is 0.181 e. The van der Waals surface area contributed by atoms with E-state index in [4.69, 9.17) is 5.11 Å². The van der Waals surface area contributed by atoms with Crippen LogP contribution in [-0.4, -0.2) is 26.9 Å². The molecule has 5 heteroatoms. The Balaban J connectivity index is 2.18. The van der Waals surface area contributed by atoms with Crippen molar-refractivity contribution in [1.29, 1.82) is 0 Å². The maximum Gasteiger partial charge on any atom is 0.181 e. The van der Waals surface area contributed by atoms with Crippen LogP contribution in [0.15, 0.2) is 28.7 Å². The van der Waals surface area contributed by atoms with E-state index in [9.17, 15) is 0 Å². The first kappa shape index (κ1) is 11.3. The van der Waals surface area contributed by atoms with Gasteiger partial charge in [0.05, 0.1) is 0 Å². The highest BCUT2D eigenvalue weighted by Gasteiger charge is 2.05. The maximum atomic E-state index is 8.72. The molecule has 2 N–H and O–H groups in total. The Labute approximate surface area is 102 Å². The van der Waals surface area contributed by atoms with Crippen molar-refractivity contribution in [2.75, 3.05) is 6.61 Å².